The van der Waals surface area contributed by atoms with Gasteiger partial charge < -0.3 is 9.84 Å². The molecule has 0 spiro atoms. The minimum atomic E-state index is -0.902. The van der Waals surface area contributed by atoms with Crippen LogP contribution in [0.3, 0.4) is 0 Å². The Kier molecular flexibility index (Phi) is 8.00. The number of nitrogens with zero attached hydrogens (tertiary/aromatic N) is 2. The number of rotatable bonds is 8. The number of hydrogen-bond donors (Lipinski definition) is 1. The van der Waals surface area contributed by atoms with Crippen LogP contribution in [0, 0.1) is 0 Å². The van der Waals surface area contributed by atoms with Crippen LogP contribution in [0.15, 0.2) is 42.5 Å². The zero-order valence-electron chi connectivity index (χ0n) is 17.4. The standard InChI is InChI=1S/C23H28Cl2N2O3/c1-16-14-27(15-18-3-5-20(24)6-4-18)17(2)13-26(16)9-10-30-22-8-7-21(25)11-19(22)12-23(28)29/h3-8,11,16-17H,9-10,12-15H2,1-2H3,(H,28,29)/t16-,17+/m1/s1. The first-order valence-corrected chi connectivity index (χ1v) is 10.9. The number of carboxylic acids is 1. The average molecular weight is 451 g/mol. The van der Waals surface area contributed by atoms with Crippen molar-refractivity contribution in [1.29, 1.82) is 0 Å². The van der Waals surface area contributed by atoms with E-state index in [1.807, 2.05) is 12.1 Å². The van der Waals surface area contributed by atoms with Crippen LogP contribution in [-0.4, -0.2) is 59.2 Å². The number of ether oxygens (including phenoxy) is 1. The second kappa shape index (κ2) is 10.5. The molecule has 0 bridgehead atoms. The molecule has 3 rings (SSSR count). The molecule has 2 atom stereocenters. The number of aliphatic carboxylic acids is 1. The molecule has 1 saturated heterocycles. The summed E-state index contributed by atoms with van der Waals surface area (Å²) in [5.74, 6) is -0.315. The Bertz CT molecular complexity index is 860. The van der Waals surface area contributed by atoms with Crippen LogP contribution in [0.2, 0.25) is 10.0 Å². The van der Waals surface area contributed by atoms with E-state index in [0.29, 0.717) is 35.0 Å². The number of piperazine rings is 1. The largest absolute Gasteiger partial charge is 0.492 e. The zero-order valence-corrected chi connectivity index (χ0v) is 18.9. The highest BCUT2D eigenvalue weighted by Gasteiger charge is 2.28. The van der Waals surface area contributed by atoms with E-state index < -0.39 is 5.97 Å². The summed E-state index contributed by atoms with van der Waals surface area (Å²) in [6.45, 7) is 8.63. The molecule has 0 unspecified atom stereocenters. The van der Waals surface area contributed by atoms with Gasteiger partial charge in [-0.25, -0.2) is 0 Å². The summed E-state index contributed by atoms with van der Waals surface area (Å²) in [4.78, 5) is 16.0. The summed E-state index contributed by atoms with van der Waals surface area (Å²) >= 11 is 12.0. The van der Waals surface area contributed by atoms with Crippen LogP contribution in [0.25, 0.3) is 0 Å². The highest BCUT2D eigenvalue weighted by atomic mass is 35.5. The van der Waals surface area contributed by atoms with Crippen molar-refractivity contribution in [1.82, 2.24) is 9.80 Å². The molecule has 162 valence electrons. The molecule has 0 aromatic heterocycles. The Morgan fingerprint density at radius 3 is 2.37 bits per heavy atom. The maximum Gasteiger partial charge on any atom is 0.307 e. The maximum atomic E-state index is 11.1. The zero-order chi connectivity index (χ0) is 21.7. The van der Waals surface area contributed by atoms with Crippen LogP contribution in [0.1, 0.15) is 25.0 Å². The predicted molar refractivity (Wildman–Crippen MR) is 121 cm³/mol. The molecule has 30 heavy (non-hydrogen) atoms. The lowest BCUT2D eigenvalue weighted by atomic mass is 10.1. The minimum Gasteiger partial charge on any atom is -0.492 e. The highest BCUT2D eigenvalue weighted by molar-refractivity contribution is 6.30. The van der Waals surface area contributed by atoms with Crippen molar-refractivity contribution >= 4 is 29.2 Å². The molecular formula is C23H28Cl2N2O3. The van der Waals surface area contributed by atoms with Crippen LogP contribution >= 0.6 is 23.2 Å². The van der Waals surface area contributed by atoms with Crippen molar-refractivity contribution < 1.29 is 14.6 Å². The second-order valence-corrected chi connectivity index (χ2v) is 8.79. The van der Waals surface area contributed by atoms with E-state index in [4.69, 9.17) is 33.0 Å². The van der Waals surface area contributed by atoms with E-state index in [1.165, 1.54) is 5.56 Å². The summed E-state index contributed by atoms with van der Waals surface area (Å²) in [6, 6.07) is 14.0. The molecule has 1 fully saturated rings. The van der Waals surface area contributed by atoms with E-state index in [-0.39, 0.29) is 6.42 Å². The first-order valence-electron chi connectivity index (χ1n) is 10.2. The fourth-order valence-electron chi connectivity index (χ4n) is 3.89. The van der Waals surface area contributed by atoms with Crippen molar-refractivity contribution in [2.24, 2.45) is 0 Å². The van der Waals surface area contributed by atoms with E-state index in [0.717, 1.165) is 31.2 Å². The summed E-state index contributed by atoms with van der Waals surface area (Å²) in [5.41, 5.74) is 1.87. The van der Waals surface area contributed by atoms with E-state index >= 15 is 0 Å². The Morgan fingerprint density at radius 1 is 1.03 bits per heavy atom. The Morgan fingerprint density at radius 2 is 1.67 bits per heavy atom. The molecule has 2 aromatic rings. The lowest BCUT2D eigenvalue weighted by Gasteiger charge is -2.44. The summed E-state index contributed by atoms with van der Waals surface area (Å²) < 4.78 is 5.92. The lowest BCUT2D eigenvalue weighted by Crippen LogP contribution is -2.56. The monoisotopic (exact) mass is 450 g/mol. The summed E-state index contributed by atoms with van der Waals surface area (Å²) in [5, 5.41) is 10.4. The Balaban J connectivity index is 1.52. The third-order valence-electron chi connectivity index (χ3n) is 5.54. The van der Waals surface area contributed by atoms with Gasteiger partial charge >= 0.3 is 5.97 Å². The van der Waals surface area contributed by atoms with Gasteiger partial charge in [0.25, 0.3) is 0 Å². The maximum absolute atomic E-state index is 11.1. The normalized spacial score (nSPS) is 20.3. The molecule has 1 aliphatic rings. The fraction of sp³-hybridized carbons (Fsp3) is 0.435. The molecule has 7 heteroatoms. The molecular weight excluding hydrogens is 423 g/mol. The Hall–Kier alpha value is -1.79. The van der Waals surface area contributed by atoms with Gasteiger partial charge in [-0.1, -0.05) is 35.3 Å². The average Bonchev–Trinajstić information content (AvgIpc) is 2.68. The van der Waals surface area contributed by atoms with Gasteiger partial charge in [-0.05, 0) is 49.7 Å². The number of halogens is 2. The van der Waals surface area contributed by atoms with Gasteiger partial charge in [0, 0.05) is 53.9 Å². The van der Waals surface area contributed by atoms with Crippen LogP contribution in [0.4, 0.5) is 0 Å². The van der Waals surface area contributed by atoms with Crippen molar-refractivity contribution in [3.05, 3.63) is 63.6 Å². The number of benzene rings is 2. The van der Waals surface area contributed by atoms with Gasteiger partial charge in [-0.15, -0.1) is 0 Å². The predicted octanol–water partition coefficient (Wildman–Crippen LogP) is 4.59. The molecule has 1 heterocycles. The SMILES string of the molecule is C[C@@H]1CN(Cc2ccc(Cl)cc2)[C@@H](C)CN1CCOc1ccc(Cl)cc1CC(=O)O. The van der Waals surface area contributed by atoms with Gasteiger partial charge in [0.15, 0.2) is 0 Å². The van der Waals surface area contributed by atoms with Crippen LogP contribution < -0.4 is 4.74 Å². The topological polar surface area (TPSA) is 53.0 Å². The van der Waals surface area contributed by atoms with Crippen molar-refractivity contribution in [2.45, 2.75) is 38.9 Å². The third kappa shape index (κ3) is 6.35. The number of carboxylic acid groups (broad SMARTS) is 1. The van der Waals surface area contributed by atoms with E-state index in [1.54, 1.807) is 18.2 Å². The highest BCUT2D eigenvalue weighted by Crippen LogP contribution is 2.24. The minimum absolute atomic E-state index is 0.104. The van der Waals surface area contributed by atoms with Crippen molar-refractivity contribution in [2.75, 3.05) is 26.2 Å². The second-order valence-electron chi connectivity index (χ2n) is 7.92. The van der Waals surface area contributed by atoms with Gasteiger partial charge in [-0.3, -0.25) is 14.6 Å². The van der Waals surface area contributed by atoms with Crippen molar-refractivity contribution in [3.63, 3.8) is 0 Å². The molecule has 1 N–H and O–H groups in total. The van der Waals surface area contributed by atoms with Gasteiger partial charge in [0.05, 0.1) is 6.42 Å². The molecule has 0 radical (unpaired) electrons. The first kappa shape index (κ1) is 22.9. The molecule has 2 aromatic carbocycles. The third-order valence-corrected chi connectivity index (χ3v) is 6.03. The smallest absolute Gasteiger partial charge is 0.307 e. The van der Waals surface area contributed by atoms with E-state index in [2.05, 4.69) is 35.8 Å². The van der Waals surface area contributed by atoms with Crippen LogP contribution in [-0.2, 0) is 17.8 Å². The van der Waals surface area contributed by atoms with Gasteiger partial charge in [0.2, 0.25) is 0 Å². The molecule has 5 nitrogen and oxygen atoms in total. The number of carbonyl (C=O) groups is 1. The Labute approximate surface area is 188 Å². The summed E-state index contributed by atoms with van der Waals surface area (Å²) in [6.07, 6.45) is -0.104. The van der Waals surface area contributed by atoms with Gasteiger partial charge in [-0.2, -0.15) is 0 Å². The lowest BCUT2D eigenvalue weighted by molar-refractivity contribution is -0.136. The first-order chi connectivity index (χ1) is 14.3. The van der Waals surface area contributed by atoms with Gasteiger partial charge in [0.1, 0.15) is 12.4 Å². The molecule has 1 aliphatic heterocycles. The molecule has 0 aliphatic carbocycles. The molecule has 0 saturated carbocycles. The van der Waals surface area contributed by atoms with Crippen molar-refractivity contribution in [3.8, 4) is 5.75 Å². The van der Waals surface area contributed by atoms with Crippen LogP contribution in [0.5, 0.6) is 5.75 Å². The number of hydrogen-bond acceptors (Lipinski definition) is 4. The fourth-order valence-corrected chi connectivity index (χ4v) is 4.21. The molecule has 0 amide bonds. The van der Waals surface area contributed by atoms with E-state index in [9.17, 15) is 4.79 Å². The quantitative estimate of drug-likeness (QED) is 0.636. The summed E-state index contributed by atoms with van der Waals surface area (Å²) in [7, 11) is 0.